The minimum Gasteiger partial charge on any atom is -0.400 e. The molecule has 1 aliphatic carbocycles. The lowest BCUT2D eigenvalue weighted by Crippen LogP contribution is -2.38. The first-order valence-electron chi connectivity index (χ1n) is 13.6. The van der Waals surface area contributed by atoms with Crippen molar-refractivity contribution in [3.63, 3.8) is 0 Å². The maximum absolute atomic E-state index is 13.7. The van der Waals surface area contributed by atoms with Gasteiger partial charge in [0.25, 0.3) is 0 Å². The van der Waals surface area contributed by atoms with Crippen LogP contribution >= 0.6 is 0 Å². The summed E-state index contributed by atoms with van der Waals surface area (Å²) in [6.07, 6.45) is 11.2. The van der Waals surface area contributed by atoms with Crippen LogP contribution in [0.3, 0.4) is 0 Å². The van der Waals surface area contributed by atoms with Gasteiger partial charge in [0.05, 0.1) is 19.3 Å². The summed E-state index contributed by atoms with van der Waals surface area (Å²) in [5.41, 5.74) is 7.13. The maximum Gasteiger partial charge on any atom is 0.400 e. The molecule has 1 aliphatic heterocycles. The molecule has 2 aliphatic rings. The maximum atomic E-state index is 13.7. The Balaban J connectivity index is 0.000000600. The highest BCUT2D eigenvalue weighted by Crippen LogP contribution is 2.39. The van der Waals surface area contributed by atoms with Gasteiger partial charge in [0.1, 0.15) is 12.1 Å². The van der Waals surface area contributed by atoms with Gasteiger partial charge < -0.3 is 31.0 Å². The molecule has 0 bridgehead atoms. The fraction of sp³-hybridized carbons (Fsp3) is 0.516. The van der Waals surface area contributed by atoms with Gasteiger partial charge >= 0.3 is 6.18 Å². The predicted molar refractivity (Wildman–Crippen MR) is 157 cm³/mol. The zero-order valence-corrected chi connectivity index (χ0v) is 24.0. The van der Waals surface area contributed by atoms with Gasteiger partial charge in [-0.1, -0.05) is 49.2 Å². The van der Waals surface area contributed by atoms with E-state index in [1.807, 2.05) is 19.2 Å². The number of carbonyl (C=O) groups is 1. The van der Waals surface area contributed by atoms with Gasteiger partial charge in [-0.15, -0.1) is 12.8 Å². The summed E-state index contributed by atoms with van der Waals surface area (Å²) in [5.74, 6) is 1.21. The zero-order chi connectivity index (χ0) is 31.1. The normalized spacial score (nSPS) is 16.4. The first-order chi connectivity index (χ1) is 19.8. The van der Waals surface area contributed by atoms with E-state index in [0.29, 0.717) is 18.8 Å². The quantitative estimate of drug-likeness (QED) is 0.182. The first-order valence-corrected chi connectivity index (χ1v) is 13.6. The number of rotatable bonds is 9. The Morgan fingerprint density at radius 3 is 2.27 bits per heavy atom. The predicted octanol–water partition coefficient (Wildman–Crippen LogP) is 5.31. The Hall–Kier alpha value is -2.97. The monoisotopic (exact) mass is 583 g/mol. The average Bonchev–Trinajstić information content (AvgIpc) is 3.84. The Kier molecular flexibility index (Phi) is 21.0. The standard InChI is InChI=1S/C13H19FN2O.C13H16O.C2H4F3N.C2H2.CH4O/c1-15-13-4-2-3-12(14)11(13)6-5-10-9-16-7-8-17-10;14-9-8-13(10-11-6-7-11)12-4-2-1-3-5-12;3-2(4,5)1-6;2*1-2/h2-4,10,15-16H,5-9H2,1H3;1-5,9,11,13H,6-8,10H2;1,6H2;1-2H;2H,1H3/t10-;13-;;;/m11.../s1. The third-order valence-electron chi connectivity index (χ3n) is 6.31. The van der Waals surface area contributed by atoms with Gasteiger partial charge in [0.15, 0.2) is 0 Å². The molecule has 6 nitrogen and oxygen atoms in total. The van der Waals surface area contributed by atoms with Crippen molar-refractivity contribution in [2.45, 2.75) is 56.7 Å². The van der Waals surface area contributed by atoms with Crippen LogP contribution < -0.4 is 16.4 Å². The van der Waals surface area contributed by atoms with Crippen LogP contribution in [0.4, 0.5) is 23.2 Å². The number of halogens is 4. The first kappa shape index (κ1) is 38.0. The molecule has 0 radical (unpaired) electrons. The number of nitrogens with one attached hydrogen (secondary N) is 2. The van der Waals surface area contributed by atoms with E-state index in [2.05, 4.69) is 53.5 Å². The van der Waals surface area contributed by atoms with Crippen molar-refractivity contribution in [1.29, 1.82) is 0 Å². The number of aldehydes is 1. The van der Waals surface area contributed by atoms with E-state index < -0.39 is 12.7 Å². The summed E-state index contributed by atoms with van der Waals surface area (Å²) in [5, 5.41) is 13.3. The number of hydrogen-bond donors (Lipinski definition) is 4. The van der Waals surface area contributed by atoms with E-state index in [1.165, 1.54) is 30.9 Å². The van der Waals surface area contributed by atoms with Crippen molar-refractivity contribution in [3.8, 4) is 12.8 Å². The lowest BCUT2D eigenvalue weighted by molar-refractivity contribution is -0.118. The fourth-order valence-corrected chi connectivity index (χ4v) is 4.12. The Labute approximate surface area is 242 Å². The van der Waals surface area contributed by atoms with E-state index in [4.69, 9.17) is 9.84 Å². The number of anilines is 1. The fourth-order valence-electron chi connectivity index (χ4n) is 4.12. The van der Waals surface area contributed by atoms with Crippen LogP contribution in [0.1, 0.15) is 49.1 Å². The van der Waals surface area contributed by atoms with Crippen molar-refractivity contribution in [1.82, 2.24) is 5.32 Å². The molecule has 1 heterocycles. The summed E-state index contributed by atoms with van der Waals surface area (Å²) < 4.78 is 51.3. The van der Waals surface area contributed by atoms with Crippen molar-refractivity contribution in [2.24, 2.45) is 11.7 Å². The number of carbonyl (C=O) groups excluding carboxylic acids is 1. The lowest BCUT2D eigenvalue weighted by atomic mass is 9.91. The highest BCUT2D eigenvalue weighted by molar-refractivity contribution is 5.52. The average molecular weight is 584 g/mol. The second-order valence-corrected chi connectivity index (χ2v) is 9.26. The second-order valence-electron chi connectivity index (χ2n) is 9.26. The van der Waals surface area contributed by atoms with Gasteiger partial charge in [0.2, 0.25) is 0 Å². The highest BCUT2D eigenvalue weighted by Gasteiger charge is 2.26. The molecule has 1 saturated carbocycles. The minimum atomic E-state index is -4.18. The number of aliphatic hydroxyl groups is 1. The third-order valence-corrected chi connectivity index (χ3v) is 6.31. The van der Waals surface area contributed by atoms with Crippen molar-refractivity contribution < 1.29 is 32.2 Å². The number of ether oxygens (including phenoxy) is 1. The van der Waals surface area contributed by atoms with Crippen molar-refractivity contribution >= 4 is 12.0 Å². The number of alkyl halides is 3. The minimum absolute atomic E-state index is 0.138. The smallest absolute Gasteiger partial charge is 0.400 e. The summed E-state index contributed by atoms with van der Waals surface area (Å²) in [4.78, 5) is 10.6. The van der Waals surface area contributed by atoms with Gasteiger partial charge in [0, 0.05) is 44.9 Å². The molecule has 0 amide bonds. The van der Waals surface area contributed by atoms with E-state index >= 15 is 0 Å². The molecule has 2 aromatic rings. The zero-order valence-electron chi connectivity index (χ0n) is 24.0. The van der Waals surface area contributed by atoms with E-state index in [1.54, 1.807) is 6.07 Å². The summed E-state index contributed by atoms with van der Waals surface area (Å²) in [7, 11) is 2.82. The summed E-state index contributed by atoms with van der Waals surface area (Å²) in [6, 6.07) is 15.5. The molecule has 2 fully saturated rings. The Bertz CT molecular complexity index is 949. The Morgan fingerprint density at radius 2 is 1.78 bits per heavy atom. The molecule has 4 rings (SSSR count). The number of nitrogens with two attached hydrogens (primary N) is 1. The van der Waals surface area contributed by atoms with Crippen LogP contribution in [0.15, 0.2) is 48.5 Å². The number of morpholine rings is 1. The summed E-state index contributed by atoms with van der Waals surface area (Å²) >= 11 is 0. The SMILES string of the molecule is C#C.CNc1cccc(F)c1CC[C@@H]1CNCCO1.CO.NCC(F)(F)F.O=CC[C@H](CC1CC1)c1ccccc1. The molecular weight excluding hydrogens is 538 g/mol. The van der Waals surface area contributed by atoms with Gasteiger partial charge in [-0.05, 0) is 48.8 Å². The van der Waals surface area contributed by atoms with Crippen LogP contribution in [0.2, 0.25) is 0 Å². The summed E-state index contributed by atoms with van der Waals surface area (Å²) in [6.45, 7) is 1.30. The van der Waals surface area contributed by atoms with Crippen LogP contribution in [-0.2, 0) is 16.0 Å². The van der Waals surface area contributed by atoms with Gasteiger partial charge in [-0.2, -0.15) is 13.2 Å². The molecule has 5 N–H and O–H groups in total. The Morgan fingerprint density at radius 1 is 1.15 bits per heavy atom. The molecule has 1 saturated heterocycles. The highest BCUT2D eigenvalue weighted by atomic mass is 19.4. The molecule has 10 heteroatoms. The van der Waals surface area contributed by atoms with Crippen LogP contribution in [0, 0.1) is 24.6 Å². The second kappa shape index (κ2) is 22.7. The largest absolute Gasteiger partial charge is 0.400 e. The van der Waals surface area contributed by atoms with Crippen LogP contribution in [0.25, 0.3) is 0 Å². The third kappa shape index (κ3) is 17.4. The topological polar surface area (TPSA) is 96.6 Å². The number of benzene rings is 2. The van der Waals surface area contributed by atoms with Crippen molar-refractivity contribution in [2.75, 3.05) is 45.7 Å². The molecule has 0 spiro atoms. The number of hydrogen-bond acceptors (Lipinski definition) is 6. The molecular formula is C31H45F4N3O3. The van der Waals surface area contributed by atoms with Gasteiger partial charge in [-0.3, -0.25) is 0 Å². The molecule has 230 valence electrons. The number of terminal acetylenes is 1. The molecule has 0 unspecified atom stereocenters. The van der Waals surface area contributed by atoms with Crippen LogP contribution in [0.5, 0.6) is 0 Å². The van der Waals surface area contributed by atoms with Gasteiger partial charge in [-0.25, -0.2) is 4.39 Å². The molecule has 0 aromatic heterocycles. The van der Waals surface area contributed by atoms with E-state index in [9.17, 15) is 22.4 Å². The van der Waals surface area contributed by atoms with Crippen LogP contribution in [-0.4, -0.2) is 64.1 Å². The molecule has 2 aromatic carbocycles. The lowest BCUT2D eigenvalue weighted by Gasteiger charge is -2.24. The van der Waals surface area contributed by atoms with Crippen molar-refractivity contribution in [3.05, 3.63) is 65.5 Å². The molecule has 41 heavy (non-hydrogen) atoms. The number of aliphatic hydroxyl groups excluding tert-OH is 1. The van der Waals surface area contributed by atoms with E-state index in [0.717, 1.165) is 56.7 Å². The van der Waals surface area contributed by atoms with E-state index in [-0.39, 0.29) is 11.9 Å². The molecule has 2 atom stereocenters.